The molecule has 0 bridgehead atoms. The minimum Gasteiger partial charge on any atom is -0.459 e. The fourth-order valence-corrected chi connectivity index (χ4v) is 4.02. The Morgan fingerprint density at radius 1 is 0.848 bits per heavy atom. The quantitative estimate of drug-likeness (QED) is 0.191. The molecule has 0 aliphatic rings. The van der Waals surface area contributed by atoms with Crippen LogP contribution in [0.1, 0.15) is 127 Å². The van der Waals surface area contributed by atoms with E-state index in [2.05, 4.69) is 17.6 Å². The van der Waals surface area contributed by atoms with Gasteiger partial charge in [-0.05, 0) is 25.5 Å². The summed E-state index contributed by atoms with van der Waals surface area (Å²) in [4.78, 5) is 24.4. The first-order chi connectivity index (χ1) is 16.1. The average Bonchev–Trinajstić information content (AvgIpc) is 3.34. The predicted molar refractivity (Wildman–Crippen MR) is 134 cm³/mol. The highest BCUT2D eigenvalue weighted by molar-refractivity contribution is 5.95. The maximum Gasteiger partial charge on any atom is 0.287 e. The predicted octanol–water partition coefficient (Wildman–Crippen LogP) is 6.14. The van der Waals surface area contributed by atoms with Gasteiger partial charge in [0.05, 0.1) is 12.4 Å². The lowest BCUT2D eigenvalue weighted by molar-refractivity contribution is -0.125. The van der Waals surface area contributed by atoms with E-state index in [1.165, 1.54) is 109 Å². The number of carbonyl (C=O) groups excluding carboxylic acids is 2. The molecule has 0 spiro atoms. The molecule has 0 saturated heterocycles. The lowest BCUT2D eigenvalue weighted by Crippen LogP contribution is -2.52. The minimum atomic E-state index is -0.997. The molecule has 6 heteroatoms. The van der Waals surface area contributed by atoms with Crippen molar-refractivity contribution < 1.29 is 19.1 Å². The van der Waals surface area contributed by atoms with Gasteiger partial charge < -0.3 is 20.2 Å². The lowest BCUT2D eigenvalue weighted by atomic mass is 10.0. The van der Waals surface area contributed by atoms with Crippen LogP contribution in [-0.4, -0.2) is 35.6 Å². The van der Waals surface area contributed by atoms with Gasteiger partial charge in [-0.1, -0.05) is 103 Å². The number of hydrogen-bond donors (Lipinski definition) is 3. The Bertz CT molecular complexity index is 601. The van der Waals surface area contributed by atoms with Crippen molar-refractivity contribution in [1.82, 2.24) is 10.6 Å². The van der Waals surface area contributed by atoms with E-state index in [4.69, 9.17) is 4.42 Å². The Hall–Kier alpha value is -1.82. The van der Waals surface area contributed by atoms with Gasteiger partial charge >= 0.3 is 0 Å². The fourth-order valence-electron chi connectivity index (χ4n) is 4.02. The second-order valence-corrected chi connectivity index (χ2v) is 9.26. The Morgan fingerprint density at radius 3 is 1.76 bits per heavy atom. The Kier molecular flexibility index (Phi) is 17.4. The SMILES string of the molecule is CCCCCCCCCCCCCCCCCCNC(=O)[C@@H](NC(=O)c1ccco1)[C@@H](C)O. The highest BCUT2D eigenvalue weighted by atomic mass is 16.3. The van der Waals surface area contributed by atoms with Crippen molar-refractivity contribution in [2.24, 2.45) is 0 Å². The van der Waals surface area contributed by atoms with Crippen molar-refractivity contribution in [2.45, 2.75) is 129 Å². The number of nitrogens with one attached hydrogen (secondary N) is 2. The second-order valence-electron chi connectivity index (χ2n) is 9.26. The Labute approximate surface area is 201 Å². The maximum absolute atomic E-state index is 12.3. The van der Waals surface area contributed by atoms with Crippen LogP contribution < -0.4 is 10.6 Å². The molecule has 3 N–H and O–H groups in total. The molecule has 0 aromatic carbocycles. The molecular formula is C27H48N2O4. The van der Waals surface area contributed by atoms with E-state index >= 15 is 0 Å². The number of carbonyl (C=O) groups is 2. The molecule has 0 unspecified atom stereocenters. The summed E-state index contributed by atoms with van der Waals surface area (Å²) >= 11 is 0. The molecule has 0 radical (unpaired) electrons. The van der Waals surface area contributed by atoms with Gasteiger partial charge in [-0.15, -0.1) is 0 Å². The molecule has 0 saturated carbocycles. The van der Waals surface area contributed by atoms with Crippen LogP contribution in [0, 0.1) is 0 Å². The summed E-state index contributed by atoms with van der Waals surface area (Å²) in [5, 5.41) is 15.2. The van der Waals surface area contributed by atoms with E-state index in [9.17, 15) is 14.7 Å². The van der Waals surface area contributed by atoms with Gasteiger partial charge in [0.15, 0.2) is 5.76 Å². The minimum absolute atomic E-state index is 0.117. The second kappa shape index (κ2) is 19.6. The lowest BCUT2D eigenvalue weighted by Gasteiger charge is -2.20. The molecule has 1 rings (SSSR count). The largest absolute Gasteiger partial charge is 0.459 e. The summed E-state index contributed by atoms with van der Waals surface area (Å²) < 4.78 is 5.03. The number of amides is 2. The molecular weight excluding hydrogens is 416 g/mol. The maximum atomic E-state index is 12.3. The summed E-state index contributed by atoms with van der Waals surface area (Å²) in [6, 6.07) is 2.12. The van der Waals surface area contributed by atoms with Crippen LogP contribution in [0.15, 0.2) is 22.8 Å². The molecule has 1 aromatic heterocycles. The van der Waals surface area contributed by atoms with Crippen LogP contribution >= 0.6 is 0 Å². The van der Waals surface area contributed by atoms with Gasteiger partial charge in [0.2, 0.25) is 5.91 Å². The van der Waals surface area contributed by atoms with Crippen LogP contribution in [0.25, 0.3) is 0 Å². The summed E-state index contributed by atoms with van der Waals surface area (Å²) in [6.45, 7) is 4.31. The average molecular weight is 465 g/mol. The zero-order valence-corrected chi connectivity index (χ0v) is 21.1. The van der Waals surface area contributed by atoms with Crippen molar-refractivity contribution in [2.75, 3.05) is 6.54 Å². The van der Waals surface area contributed by atoms with E-state index in [1.54, 1.807) is 6.07 Å². The number of hydrogen-bond acceptors (Lipinski definition) is 4. The normalized spacial score (nSPS) is 12.9. The third-order valence-electron chi connectivity index (χ3n) is 6.13. The Morgan fingerprint density at radius 2 is 1.33 bits per heavy atom. The third-order valence-corrected chi connectivity index (χ3v) is 6.13. The molecule has 33 heavy (non-hydrogen) atoms. The van der Waals surface area contributed by atoms with Crippen LogP contribution in [0.5, 0.6) is 0 Å². The van der Waals surface area contributed by atoms with Crippen molar-refractivity contribution >= 4 is 11.8 Å². The summed E-state index contributed by atoms with van der Waals surface area (Å²) in [5.74, 6) is -0.763. The van der Waals surface area contributed by atoms with Crippen molar-refractivity contribution in [1.29, 1.82) is 0 Å². The first-order valence-electron chi connectivity index (χ1n) is 13.4. The van der Waals surface area contributed by atoms with Crippen LogP contribution in [0.3, 0.4) is 0 Å². The molecule has 1 aromatic rings. The van der Waals surface area contributed by atoms with Gasteiger partial charge in [0.25, 0.3) is 5.91 Å². The third kappa shape index (κ3) is 14.8. The summed E-state index contributed by atoms with van der Waals surface area (Å²) in [7, 11) is 0. The van der Waals surface area contributed by atoms with Crippen LogP contribution in [0.4, 0.5) is 0 Å². The van der Waals surface area contributed by atoms with Gasteiger partial charge in [0.1, 0.15) is 6.04 Å². The molecule has 1 heterocycles. The smallest absolute Gasteiger partial charge is 0.287 e. The highest BCUT2D eigenvalue weighted by Gasteiger charge is 2.26. The van der Waals surface area contributed by atoms with Gasteiger partial charge in [-0.3, -0.25) is 9.59 Å². The van der Waals surface area contributed by atoms with Crippen LogP contribution in [-0.2, 0) is 4.79 Å². The van der Waals surface area contributed by atoms with E-state index < -0.39 is 18.1 Å². The van der Waals surface area contributed by atoms with Crippen molar-refractivity contribution in [3.05, 3.63) is 24.2 Å². The molecule has 190 valence electrons. The zero-order valence-electron chi connectivity index (χ0n) is 21.1. The van der Waals surface area contributed by atoms with Gasteiger partial charge in [-0.25, -0.2) is 0 Å². The number of unbranched alkanes of at least 4 members (excludes halogenated alkanes) is 15. The zero-order chi connectivity index (χ0) is 24.2. The molecule has 0 fully saturated rings. The van der Waals surface area contributed by atoms with E-state index in [1.807, 2.05) is 0 Å². The molecule has 2 amide bonds. The molecule has 6 nitrogen and oxygen atoms in total. The number of aliphatic hydroxyl groups excluding tert-OH is 1. The summed E-state index contributed by atoms with van der Waals surface area (Å²) in [6.07, 6.45) is 21.4. The van der Waals surface area contributed by atoms with Crippen molar-refractivity contribution in [3.63, 3.8) is 0 Å². The van der Waals surface area contributed by atoms with E-state index in [0.717, 1.165) is 12.8 Å². The van der Waals surface area contributed by atoms with Crippen molar-refractivity contribution in [3.8, 4) is 0 Å². The van der Waals surface area contributed by atoms with Crippen LogP contribution in [0.2, 0.25) is 0 Å². The molecule has 0 aliphatic heterocycles. The first kappa shape index (κ1) is 29.2. The number of rotatable bonds is 21. The standard InChI is InChI=1S/C27H48N2O4/c1-3-4-5-6-7-8-9-10-11-12-13-14-15-16-17-18-21-28-27(32)25(23(2)30)29-26(31)24-20-19-22-33-24/h19-20,22-23,25,30H,3-18,21H2,1-2H3,(H,28,32)(H,29,31)/t23-,25+/m1/s1. The number of aliphatic hydroxyl groups is 1. The van der Waals surface area contributed by atoms with E-state index in [-0.39, 0.29) is 11.7 Å². The molecule has 0 aliphatic carbocycles. The monoisotopic (exact) mass is 464 g/mol. The Balaban J connectivity index is 1.94. The van der Waals surface area contributed by atoms with E-state index in [0.29, 0.717) is 6.54 Å². The topological polar surface area (TPSA) is 91.6 Å². The molecule has 2 atom stereocenters. The van der Waals surface area contributed by atoms with Gasteiger partial charge in [-0.2, -0.15) is 0 Å². The number of furan rings is 1. The highest BCUT2D eigenvalue weighted by Crippen LogP contribution is 2.13. The first-order valence-corrected chi connectivity index (χ1v) is 13.4. The summed E-state index contributed by atoms with van der Waals surface area (Å²) in [5.41, 5.74) is 0. The van der Waals surface area contributed by atoms with Gasteiger partial charge in [0, 0.05) is 6.54 Å². The fraction of sp³-hybridized carbons (Fsp3) is 0.778.